The predicted molar refractivity (Wildman–Crippen MR) is 104 cm³/mol. The molecule has 0 unspecified atom stereocenters. The molecule has 0 amide bonds. The zero-order chi connectivity index (χ0) is 17.5. The van der Waals surface area contributed by atoms with Crippen LogP contribution in [0.15, 0.2) is 10.3 Å². The summed E-state index contributed by atoms with van der Waals surface area (Å²) < 4.78 is 0. The van der Waals surface area contributed by atoms with Crippen LogP contribution in [0.3, 0.4) is 0 Å². The Labute approximate surface area is 150 Å². The third kappa shape index (κ3) is 10.3. The first-order chi connectivity index (χ1) is 11.7. The molecule has 1 aliphatic heterocycles. The molecule has 0 saturated heterocycles. The van der Waals surface area contributed by atoms with Gasteiger partial charge in [-0.25, -0.2) is 5.53 Å². The molecule has 1 rings (SSSR count). The highest BCUT2D eigenvalue weighted by atomic mass is 15.8. The van der Waals surface area contributed by atoms with Crippen LogP contribution in [0.5, 0.6) is 0 Å². The van der Waals surface area contributed by atoms with E-state index in [1.807, 2.05) is 0 Å². The third-order valence-corrected chi connectivity index (χ3v) is 5.31. The first kappa shape index (κ1) is 21.4. The molecule has 0 aliphatic carbocycles. The largest absolute Gasteiger partial charge is 0.219 e. The van der Waals surface area contributed by atoms with Crippen LogP contribution in [0.4, 0.5) is 0 Å². The van der Waals surface area contributed by atoms with Crippen molar-refractivity contribution in [1.82, 2.24) is 10.5 Å². The van der Waals surface area contributed by atoms with Crippen LogP contribution in [0, 0.1) is 0 Å². The van der Waals surface area contributed by atoms with Crippen molar-refractivity contribution in [2.75, 3.05) is 6.67 Å². The minimum Gasteiger partial charge on any atom is -0.219 e. The Bertz CT molecular complexity index is 307. The summed E-state index contributed by atoms with van der Waals surface area (Å²) in [5, 5.41) is 9.97. The summed E-state index contributed by atoms with van der Waals surface area (Å²) in [6, 6.07) is 0. The summed E-state index contributed by atoms with van der Waals surface area (Å²) in [5.41, 5.74) is 3.14. The Morgan fingerprint density at radius 3 is 1.62 bits per heavy atom. The lowest BCUT2D eigenvalue weighted by Gasteiger charge is -2.33. The molecule has 0 aromatic carbocycles. The summed E-state index contributed by atoms with van der Waals surface area (Å²) in [6.07, 6.45) is 21.1. The van der Waals surface area contributed by atoms with Crippen molar-refractivity contribution < 1.29 is 0 Å². The van der Waals surface area contributed by atoms with Crippen molar-refractivity contribution >= 4 is 0 Å². The molecule has 1 N–H and O–H groups in total. The number of hydrogen-bond acceptors (Lipinski definition) is 4. The second-order valence-electron chi connectivity index (χ2n) is 8.07. The number of nitrogens with zero attached hydrogens (tertiary/aromatic N) is 3. The van der Waals surface area contributed by atoms with E-state index in [1.165, 1.54) is 96.3 Å². The van der Waals surface area contributed by atoms with Gasteiger partial charge in [-0.1, -0.05) is 102 Å². The van der Waals surface area contributed by atoms with Gasteiger partial charge in [-0.05, 0) is 20.3 Å². The first-order valence-corrected chi connectivity index (χ1v) is 10.6. The Morgan fingerprint density at radius 1 is 0.750 bits per heavy atom. The molecule has 0 aromatic rings. The van der Waals surface area contributed by atoms with E-state index in [4.69, 9.17) is 0 Å². The van der Waals surface area contributed by atoms with Gasteiger partial charge in [0.15, 0.2) is 0 Å². The van der Waals surface area contributed by atoms with E-state index in [2.05, 4.69) is 41.7 Å². The molecule has 0 fully saturated rings. The zero-order valence-corrected chi connectivity index (χ0v) is 16.7. The van der Waals surface area contributed by atoms with Gasteiger partial charge in [0.2, 0.25) is 0 Å². The third-order valence-electron chi connectivity index (χ3n) is 5.31. The lowest BCUT2D eigenvalue weighted by atomic mass is 9.95. The summed E-state index contributed by atoms with van der Waals surface area (Å²) in [7, 11) is 0. The van der Waals surface area contributed by atoms with E-state index >= 15 is 0 Å². The molecule has 24 heavy (non-hydrogen) atoms. The zero-order valence-electron chi connectivity index (χ0n) is 16.7. The molecule has 1 aliphatic rings. The van der Waals surface area contributed by atoms with E-state index < -0.39 is 0 Å². The Kier molecular flexibility index (Phi) is 12.2. The van der Waals surface area contributed by atoms with Gasteiger partial charge >= 0.3 is 0 Å². The van der Waals surface area contributed by atoms with Gasteiger partial charge in [-0.3, -0.25) is 0 Å². The summed E-state index contributed by atoms with van der Waals surface area (Å²) in [5.74, 6) is 0. The fourth-order valence-electron chi connectivity index (χ4n) is 3.43. The van der Waals surface area contributed by atoms with Crippen molar-refractivity contribution in [3.05, 3.63) is 0 Å². The van der Waals surface area contributed by atoms with E-state index in [9.17, 15) is 0 Å². The maximum atomic E-state index is 3.99. The molecule has 142 valence electrons. The van der Waals surface area contributed by atoms with E-state index in [0.29, 0.717) is 6.67 Å². The molecular weight excluding hydrogens is 296 g/mol. The lowest BCUT2D eigenvalue weighted by molar-refractivity contribution is 0.0784. The van der Waals surface area contributed by atoms with Crippen LogP contribution in [-0.4, -0.2) is 17.2 Å². The SMILES string of the molecule is CCCCCCCCCCCCCCCCC(C)(C)N1CN=NN1. The van der Waals surface area contributed by atoms with Crippen molar-refractivity contribution in [2.24, 2.45) is 10.3 Å². The topological polar surface area (TPSA) is 40.0 Å². The lowest BCUT2D eigenvalue weighted by Crippen LogP contribution is -2.47. The van der Waals surface area contributed by atoms with Gasteiger partial charge in [-0.15, -0.1) is 0 Å². The molecule has 0 spiro atoms. The monoisotopic (exact) mass is 338 g/mol. The van der Waals surface area contributed by atoms with Crippen LogP contribution >= 0.6 is 0 Å². The van der Waals surface area contributed by atoms with E-state index in [1.54, 1.807) is 0 Å². The normalized spacial score (nSPS) is 15.1. The highest BCUT2D eigenvalue weighted by Gasteiger charge is 2.28. The number of unbranched alkanes of at least 4 members (excludes halogenated alkanes) is 13. The number of hydrogen-bond donors (Lipinski definition) is 1. The summed E-state index contributed by atoms with van der Waals surface area (Å²) in [4.78, 5) is 0. The van der Waals surface area contributed by atoms with Gasteiger partial charge in [0.05, 0.1) is 0 Å². The number of rotatable bonds is 16. The average molecular weight is 339 g/mol. The van der Waals surface area contributed by atoms with Crippen LogP contribution in [0.2, 0.25) is 0 Å². The molecule has 0 saturated carbocycles. The first-order valence-electron chi connectivity index (χ1n) is 10.6. The van der Waals surface area contributed by atoms with Gasteiger partial charge in [-0.2, -0.15) is 10.1 Å². The molecule has 4 heteroatoms. The van der Waals surface area contributed by atoms with Crippen LogP contribution in [0.1, 0.15) is 117 Å². The molecule has 4 nitrogen and oxygen atoms in total. The molecule has 1 heterocycles. The Morgan fingerprint density at radius 2 is 1.21 bits per heavy atom. The van der Waals surface area contributed by atoms with Crippen molar-refractivity contribution in [3.8, 4) is 0 Å². The quantitative estimate of drug-likeness (QED) is 0.315. The van der Waals surface area contributed by atoms with Gasteiger partial charge in [0, 0.05) is 5.54 Å². The standard InChI is InChI=1S/C20H42N4/c1-4-5-6-7-8-9-10-11-12-13-14-15-16-17-18-20(2,3)24-19-21-22-23-24/h4-19H2,1-3H3,(H,21,23). The predicted octanol–water partition coefficient (Wildman–Crippen LogP) is 6.78. The van der Waals surface area contributed by atoms with E-state index in [0.717, 1.165) is 0 Å². The smallest absolute Gasteiger partial charge is 0.134 e. The Balaban J connectivity index is 1.79. The fourth-order valence-corrected chi connectivity index (χ4v) is 3.43. The van der Waals surface area contributed by atoms with Crippen molar-refractivity contribution in [3.63, 3.8) is 0 Å². The minimum absolute atomic E-state index is 0.153. The second-order valence-corrected chi connectivity index (χ2v) is 8.07. The fraction of sp³-hybridized carbons (Fsp3) is 1.00. The number of nitrogens with one attached hydrogen (secondary N) is 1. The molecule has 0 atom stereocenters. The molecule has 0 aromatic heterocycles. The molecule has 0 radical (unpaired) electrons. The van der Waals surface area contributed by atoms with Crippen molar-refractivity contribution in [2.45, 2.75) is 123 Å². The highest BCUT2D eigenvalue weighted by molar-refractivity contribution is 4.79. The van der Waals surface area contributed by atoms with Gasteiger partial charge in [0.1, 0.15) is 6.67 Å². The molecular formula is C20H42N4. The highest BCUT2D eigenvalue weighted by Crippen LogP contribution is 2.22. The van der Waals surface area contributed by atoms with Gasteiger partial charge < -0.3 is 0 Å². The average Bonchev–Trinajstić information content (AvgIpc) is 3.10. The minimum atomic E-state index is 0.153. The summed E-state index contributed by atoms with van der Waals surface area (Å²) in [6.45, 7) is 7.53. The summed E-state index contributed by atoms with van der Waals surface area (Å²) >= 11 is 0. The second kappa shape index (κ2) is 13.6. The van der Waals surface area contributed by atoms with Crippen molar-refractivity contribution in [1.29, 1.82) is 0 Å². The number of hydrazine groups is 1. The van der Waals surface area contributed by atoms with E-state index in [-0.39, 0.29) is 5.54 Å². The van der Waals surface area contributed by atoms with Crippen LogP contribution in [0.25, 0.3) is 0 Å². The maximum Gasteiger partial charge on any atom is 0.134 e. The maximum absolute atomic E-state index is 3.99. The van der Waals surface area contributed by atoms with Gasteiger partial charge in [0.25, 0.3) is 0 Å². The Hall–Kier alpha value is -0.640. The van der Waals surface area contributed by atoms with Crippen LogP contribution < -0.4 is 5.53 Å². The van der Waals surface area contributed by atoms with Crippen LogP contribution in [-0.2, 0) is 0 Å². The molecule has 0 bridgehead atoms.